The predicted octanol–water partition coefficient (Wildman–Crippen LogP) is 3.85. The molecule has 0 fully saturated rings. The van der Waals surface area contributed by atoms with Gasteiger partial charge in [-0.3, -0.25) is 9.78 Å². The normalized spacial score (nSPS) is 11.4. The van der Waals surface area contributed by atoms with Gasteiger partial charge in [-0.2, -0.15) is 10.2 Å². The topological polar surface area (TPSA) is 88.1 Å². The van der Waals surface area contributed by atoms with Gasteiger partial charge in [0.15, 0.2) is 5.65 Å². The molecule has 5 aromatic rings. The summed E-state index contributed by atoms with van der Waals surface area (Å²) >= 11 is 0. The molecule has 4 heterocycles. The minimum atomic E-state index is -0.603. The monoisotopic (exact) mass is 391 g/mol. The summed E-state index contributed by atoms with van der Waals surface area (Å²) in [5.41, 5.74) is 5.87. The molecule has 0 bridgehead atoms. The predicted molar refractivity (Wildman–Crippen MR) is 103 cm³/mol. The van der Waals surface area contributed by atoms with Crippen LogP contribution in [0.2, 0.25) is 0 Å². The Morgan fingerprint density at radius 3 is 2.79 bits per heavy atom. The lowest BCUT2D eigenvalue weighted by Gasteiger charge is -2.03. The van der Waals surface area contributed by atoms with Crippen molar-refractivity contribution in [2.24, 2.45) is 0 Å². The first-order valence-corrected chi connectivity index (χ1v) is 8.90. The maximum atomic E-state index is 13.9. The molecule has 0 spiro atoms. The molecule has 0 aliphatic carbocycles. The maximum Gasteiger partial charge on any atom is 0.156 e. The van der Waals surface area contributed by atoms with Crippen molar-refractivity contribution in [3.63, 3.8) is 0 Å². The van der Waals surface area contributed by atoms with Gasteiger partial charge in [-0.25, -0.2) is 18.7 Å². The highest BCUT2D eigenvalue weighted by Gasteiger charge is 2.14. The van der Waals surface area contributed by atoms with E-state index in [9.17, 15) is 8.78 Å². The van der Waals surface area contributed by atoms with E-state index in [1.54, 1.807) is 29.5 Å². The lowest BCUT2D eigenvalue weighted by Crippen LogP contribution is -2.02. The SMILES string of the molecule is Cc1[nH]ncc1-c1cnc2[nH]cc(-c3cnn(Cc4ccc(F)cc4F)c3)c2n1. The average molecular weight is 391 g/mol. The van der Waals surface area contributed by atoms with Crippen LogP contribution < -0.4 is 0 Å². The molecule has 0 aliphatic rings. The number of benzene rings is 1. The Kier molecular flexibility index (Phi) is 3.94. The van der Waals surface area contributed by atoms with Crippen LogP contribution in [0.15, 0.2) is 49.2 Å². The molecule has 29 heavy (non-hydrogen) atoms. The Morgan fingerprint density at radius 1 is 1.10 bits per heavy atom. The van der Waals surface area contributed by atoms with Crippen molar-refractivity contribution in [1.82, 2.24) is 34.9 Å². The minimum absolute atomic E-state index is 0.194. The smallest absolute Gasteiger partial charge is 0.156 e. The second-order valence-electron chi connectivity index (χ2n) is 6.73. The molecule has 1 aromatic carbocycles. The second-order valence-corrected chi connectivity index (χ2v) is 6.73. The third-order valence-electron chi connectivity index (χ3n) is 4.78. The molecular formula is C20H15F2N7. The van der Waals surface area contributed by atoms with Crippen LogP contribution in [0.5, 0.6) is 0 Å². The molecule has 0 atom stereocenters. The summed E-state index contributed by atoms with van der Waals surface area (Å²) in [5, 5.41) is 11.2. The van der Waals surface area contributed by atoms with E-state index in [-0.39, 0.29) is 6.54 Å². The average Bonchev–Trinajstić information content (AvgIpc) is 3.42. The van der Waals surface area contributed by atoms with Crippen LogP contribution in [0.25, 0.3) is 33.5 Å². The molecule has 0 unspecified atom stereocenters. The van der Waals surface area contributed by atoms with Gasteiger partial charge in [0.1, 0.15) is 17.2 Å². The molecule has 4 aromatic heterocycles. The standard InChI is InChI=1S/C20H15F2N7/c1-11-15(7-25-28-11)18-8-24-20-19(27-18)16(6-23-20)13-5-26-29(10-13)9-12-2-3-14(21)4-17(12)22/h2-8,10H,9H2,1H3,(H,23,24)(H,25,28). The summed E-state index contributed by atoms with van der Waals surface area (Å²) in [5.74, 6) is -1.20. The zero-order valence-electron chi connectivity index (χ0n) is 15.3. The van der Waals surface area contributed by atoms with Crippen molar-refractivity contribution >= 4 is 11.2 Å². The third kappa shape index (κ3) is 3.06. The van der Waals surface area contributed by atoms with E-state index in [2.05, 4.69) is 25.3 Å². The number of rotatable bonds is 4. The summed E-state index contributed by atoms with van der Waals surface area (Å²) in [6.45, 7) is 2.12. The van der Waals surface area contributed by atoms with Crippen LogP contribution in [0.4, 0.5) is 8.78 Å². The van der Waals surface area contributed by atoms with E-state index in [1.807, 2.05) is 13.1 Å². The van der Waals surface area contributed by atoms with Gasteiger partial charge in [0.2, 0.25) is 0 Å². The first kappa shape index (κ1) is 17.2. The Balaban J connectivity index is 1.50. The number of hydrogen-bond acceptors (Lipinski definition) is 4. The Labute approximate surface area is 163 Å². The molecule has 144 valence electrons. The molecule has 5 rings (SSSR count). The minimum Gasteiger partial charge on any atom is -0.344 e. The van der Waals surface area contributed by atoms with Gasteiger partial charge < -0.3 is 4.98 Å². The number of nitrogens with zero attached hydrogens (tertiary/aromatic N) is 5. The third-order valence-corrected chi connectivity index (χ3v) is 4.78. The van der Waals surface area contributed by atoms with Gasteiger partial charge in [0, 0.05) is 46.4 Å². The molecule has 0 saturated heterocycles. The van der Waals surface area contributed by atoms with E-state index < -0.39 is 11.6 Å². The summed E-state index contributed by atoms with van der Waals surface area (Å²) in [7, 11) is 0. The van der Waals surface area contributed by atoms with E-state index >= 15 is 0 Å². The quantitative estimate of drug-likeness (QED) is 0.487. The van der Waals surface area contributed by atoms with E-state index in [0.717, 1.165) is 28.5 Å². The van der Waals surface area contributed by atoms with Gasteiger partial charge in [-0.1, -0.05) is 6.07 Å². The Morgan fingerprint density at radius 2 is 2.00 bits per heavy atom. The molecule has 0 aliphatic heterocycles. The fourth-order valence-electron chi connectivity index (χ4n) is 3.26. The van der Waals surface area contributed by atoms with E-state index in [4.69, 9.17) is 4.98 Å². The Bertz CT molecular complexity index is 1330. The summed E-state index contributed by atoms with van der Waals surface area (Å²) in [6.07, 6.45) is 8.70. The zero-order chi connectivity index (χ0) is 20.0. The highest BCUT2D eigenvalue weighted by Crippen LogP contribution is 2.28. The number of H-pyrrole nitrogens is 2. The van der Waals surface area contributed by atoms with Crippen molar-refractivity contribution in [3.05, 3.63) is 72.1 Å². The number of aromatic amines is 2. The zero-order valence-corrected chi connectivity index (χ0v) is 15.3. The van der Waals surface area contributed by atoms with Crippen LogP contribution in [0, 0.1) is 18.6 Å². The first-order valence-electron chi connectivity index (χ1n) is 8.90. The van der Waals surface area contributed by atoms with E-state index in [1.165, 1.54) is 12.1 Å². The molecule has 0 saturated carbocycles. The first-order chi connectivity index (χ1) is 14.1. The van der Waals surface area contributed by atoms with Crippen LogP contribution in [-0.4, -0.2) is 34.9 Å². The maximum absolute atomic E-state index is 13.9. The number of fused-ring (bicyclic) bond motifs is 1. The van der Waals surface area contributed by atoms with Crippen molar-refractivity contribution in [2.75, 3.05) is 0 Å². The van der Waals surface area contributed by atoms with Gasteiger partial charge in [0.25, 0.3) is 0 Å². The number of aryl methyl sites for hydroxylation is 1. The van der Waals surface area contributed by atoms with Gasteiger partial charge in [-0.05, 0) is 13.0 Å². The summed E-state index contributed by atoms with van der Waals surface area (Å²) in [6, 6.07) is 3.52. The largest absolute Gasteiger partial charge is 0.344 e. The van der Waals surface area contributed by atoms with Crippen LogP contribution in [0.1, 0.15) is 11.3 Å². The fourth-order valence-corrected chi connectivity index (χ4v) is 3.26. The van der Waals surface area contributed by atoms with Gasteiger partial charge in [-0.15, -0.1) is 0 Å². The molecule has 0 amide bonds. The summed E-state index contributed by atoms with van der Waals surface area (Å²) in [4.78, 5) is 12.3. The van der Waals surface area contributed by atoms with Crippen molar-refractivity contribution in [2.45, 2.75) is 13.5 Å². The molecule has 2 N–H and O–H groups in total. The number of halogens is 2. The molecule has 9 heteroatoms. The van der Waals surface area contributed by atoms with Crippen LogP contribution in [-0.2, 0) is 6.54 Å². The Hall–Kier alpha value is -3.88. The van der Waals surface area contributed by atoms with Crippen molar-refractivity contribution in [3.8, 4) is 22.4 Å². The number of aromatic nitrogens is 7. The van der Waals surface area contributed by atoms with Crippen molar-refractivity contribution < 1.29 is 8.78 Å². The summed E-state index contributed by atoms with van der Waals surface area (Å²) < 4.78 is 28.6. The highest BCUT2D eigenvalue weighted by atomic mass is 19.1. The second kappa shape index (κ2) is 6.62. The molecular weight excluding hydrogens is 376 g/mol. The highest BCUT2D eigenvalue weighted by molar-refractivity contribution is 5.91. The van der Waals surface area contributed by atoms with Gasteiger partial charge >= 0.3 is 0 Å². The fraction of sp³-hybridized carbons (Fsp3) is 0.100. The van der Waals surface area contributed by atoms with Gasteiger partial charge in [0.05, 0.1) is 30.8 Å². The number of nitrogens with one attached hydrogen (secondary N) is 2. The lowest BCUT2D eigenvalue weighted by molar-refractivity contribution is 0.558. The lowest BCUT2D eigenvalue weighted by atomic mass is 10.1. The van der Waals surface area contributed by atoms with Crippen LogP contribution >= 0.6 is 0 Å². The number of hydrogen-bond donors (Lipinski definition) is 2. The van der Waals surface area contributed by atoms with E-state index in [0.29, 0.717) is 22.4 Å². The van der Waals surface area contributed by atoms with Crippen LogP contribution in [0.3, 0.4) is 0 Å². The van der Waals surface area contributed by atoms with Crippen molar-refractivity contribution in [1.29, 1.82) is 0 Å². The molecule has 7 nitrogen and oxygen atoms in total. The molecule has 0 radical (unpaired) electrons.